The molecule has 0 atom stereocenters. The zero-order valence-electron chi connectivity index (χ0n) is 8.96. The van der Waals surface area contributed by atoms with E-state index in [4.69, 9.17) is 10.5 Å². The fourth-order valence-electron chi connectivity index (χ4n) is 1.27. The van der Waals surface area contributed by atoms with Crippen molar-refractivity contribution >= 4 is 12.4 Å². The summed E-state index contributed by atoms with van der Waals surface area (Å²) in [5.41, 5.74) is 4.85. The first-order valence-corrected chi connectivity index (χ1v) is 4.98. The molecule has 0 spiro atoms. The molecule has 96 valence electrons. The van der Waals surface area contributed by atoms with Crippen molar-refractivity contribution in [3.8, 4) is 5.75 Å². The predicted molar refractivity (Wildman–Crippen MR) is 60.3 cm³/mol. The first-order valence-electron chi connectivity index (χ1n) is 4.98. The topological polar surface area (TPSA) is 35.2 Å². The fourth-order valence-corrected chi connectivity index (χ4v) is 1.27. The summed E-state index contributed by atoms with van der Waals surface area (Å²) in [5.74, 6) is 0.421. The maximum atomic E-state index is 12.2. The van der Waals surface area contributed by atoms with Gasteiger partial charge >= 0.3 is 6.18 Å². The van der Waals surface area contributed by atoms with Crippen LogP contribution in [0.3, 0.4) is 0 Å². The quantitative estimate of drug-likeness (QED) is 0.914. The molecule has 2 N–H and O–H groups in total. The molecule has 1 saturated carbocycles. The molecule has 0 bridgehead atoms. The van der Waals surface area contributed by atoms with Crippen molar-refractivity contribution in [2.45, 2.75) is 24.6 Å². The van der Waals surface area contributed by atoms with Gasteiger partial charge < -0.3 is 10.5 Å². The second kappa shape index (κ2) is 4.74. The predicted octanol–water partition coefficient (Wildman–Crippen LogP) is 3.00. The molecule has 0 saturated heterocycles. The lowest BCUT2D eigenvalue weighted by Crippen LogP contribution is -2.29. The van der Waals surface area contributed by atoms with E-state index >= 15 is 0 Å². The second-order valence-corrected chi connectivity index (χ2v) is 4.17. The molecule has 1 aliphatic carbocycles. The van der Waals surface area contributed by atoms with Crippen molar-refractivity contribution in [1.29, 1.82) is 0 Å². The molecule has 1 aromatic rings. The van der Waals surface area contributed by atoms with Gasteiger partial charge in [0.25, 0.3) is 0 Å². The summed E-state index contributed by atoms with van der Waals surface area (Å²) in [6, 6.07) is 4.64. The Bertz CT molecular complexity index is 373. The normalized spacial score (nSPS) is 17.2. The zero-order valence-corrected chi connectivity index (χ0v) is 9.77. The summed E-state index contributed by atoms with van der Waals surface area (Å²) in [6.07, 6.45) is -2.48. The number of halogens is 4. The molecule has 17 heavy (non-hydrogen) atoms. The van der Waals surface area contributed by atoms with Crippen molar-refractivity contribution in [3.63, 3.8) is 0 Å². The van der Waals surface area contributed by atoms with Crippen molar-refractivity contribution in [3.05, 3.63) is 29.8 Å². The summed E-state index contributed by atoms with van der Waals surface area (Å²) < 4.78 is 42.0. The zero-order chi connectivity index (χ0) is 11.8. The molecular formula is C11H13ClF3NO. The van der Waals surface area contributed by atoms with Crippen LogP contribution < -0.4 is 10.5 Å². The summed E-state index contributed by atoms with van der Waals surface area (Å²) in [4.78, 5) is 0. The molecule has 2 nitrogen and oxygen atoms in total. The van der Waals surface area contributed by atoms with Gasteiger partial charge in [-0.1, -0.05) is 0 Å². The monoisotopic (exact) mass is 267 g/mol. The third-order valence-corrected chi connectivity index (χ3v) is 2.60. The number of rotatable bonds is 3. The van der Waals surface area contributed by atoms with Crippen LogP contribution in [0.1, 0.15) is 18.4 Å². The molecule has 2 rings (SSSR count). The van der Waals surface area contributed by atoms with Gasteiger partial charge in [0.15, 0.2) is 0 Å². The van der Waals surface area contributed by atoms with Crippen LogP contribution in [-0.2, 0) is 6.18 Å². The Morgan fingerprint density at radius 2 is 1.71 bits per heavy atom. The summed E-state index contributed by atoms with van der Waals surface area (Å²) >= 11 is 0. The van der Waals surface area contributed by atoms with Crippen LogP contribution in [0.5, 0.6) is 5.75 Å². The molecule has 1 fully saturated rings. The van der Waals surface area contributed by atoms with E-state index in [1.807, 2.05) is 0 Å². The highest BCUT2D eigenvalue weighted by Crippen LogP contribution is 2.33. The largest absolute Gasteiger partial charge is 0.492 e. The van der Waals surface area contributed by atoms with Gasteiger partial charge in [-0.15, -0.1) is 12.4 Å². The lowest BCUT2D eigenvalue weighted by molar-refractivity contribution is -0.137. The first-order chi connectivity index (χ1) is 7.39. The third kappa shape index (κ3) is 3.78. The van der Waals surface area contributed by atoms with Crippen molar-refractivity contribution in [1.82, 2.24) is 0 Å². The molecule has 1 aliphatic rings. The first kappa shape index (κ1) is 14.1. The minimum absolute atomic E-state index is 0. The molecule has 0 unspecified atom stereocenters. The van der Waals surface area contributed by atoms with Crippen LogP contribution in [0.4, 0.5) is 13.2 Å². The highest BCUT2D eigenvalue weighted by molar-refractivity contribution is 5.85. The molecule has 0 radical (unpaired) electrons. The lowest BCUT2D eigenvalue weighted by atomic mass is 10.2. The van der Waals surface area contributed by atoms with E-state index < -0.39 is 11.7 Å². The number of alkyl halides is 3. The minimum atomic E-state index is -4.30. The lowest BCUT2D eigenvalue weighted by Gasteiger charge is -2.12. The van der Waals surface area contributed by atoms with E-state index in [-0.39, 0.29) is 17.9 Å². The van der Waals surface area contributed by atoms with Crippen molar-refractivity contribution < 1.29 is 17.9 Å². The highest BCUT2D eigenvalue weighted by Gasteiger charge is 2.39. The molecule has 0 aliphatic heterocycles. The summed E-state index contributed by atoms with van der Waals surface area (Å²) in [7, 11) is 0. The van der Waals surface area contributed by atoms with Crippen LogP contribution in [0, 0.1) is 0 Å². The molecule has 0 aromatic heterocycles. The Morgan fingerprint density at radius 1 is 1.18 bits per heavy atom. The van der Waals surface area contributed by atoms with Gasteiger partial charge in [0.1, 0.15) is 12.4 Å². The molecule has 6 heteroatoms. The molecule has 0 amide bonds. The van der Waals surface area contributed by atoms with Gasteiger partial charge in [0.2, 0.25) is 0 Å². The van der Waals surface area contributed by atoms with Gasteiger partial charge in [-0.2, -0.15) is 13.2 Å². The smallest absolute Gasteiger partial charge is 0.416 e. The number of ether oxygens (including phenoxy) is 1. The molecular weight excluding hydrogens is 255 g/mol. The van der Waals surface area contributed by atoms with Crippen molar-refractivity contribution in [2.75, 3.05) is 6.61 Å². The van der Waals surface area contributed by atoms with E-state index in [9.17, 15) is 13.2 Å². The standard InChI is InChI=1S/C11H12F3NO.ClH/c12-11(13,14)8-1-3-9(4-2-8)16-7-10(15)5-6-10;/h1-4H,5-7,15H2;1H. The summed E-state index contributed by atoms with van der Waals surface area (Å²) in [6.45, 7) is 0.359. The Kier molecular flexibility index (Phi) is 3.94. The Balaban J connectivity index is 0.00000144. The van der Waals surface area contributed by atoms with E-state index in [0.29, 0.717) is 12.4 Å². The Hall–Kier alpha value is -0.940. The molecule has 1 aromatic carbocycles. The summed E-state index contributed by atoms with van der Waals surface area (Å²) in [5, 5.41) is 0. The highest BCUT2D eigenvalue weighted by atomic mass is 35.5. The average molecular weight is 268 g/mol. The van der Waals surface area contributed by atoms with Crippen molar-refractivity contribution in [2.24, 2.45) is 5.73 Å². The maximum absolute atomic E-state index is 12.2. The van der Waals surface area contributed by atoms with Crippen LogP contribution in [0.25, 0.3) is 0 Å². The van der Waals surface area contributed by atoms with Crippen LogP contribution >= 0.6 is 12.4 Å². The van der Waals surface area contributed by atoms with Gasteiger partial charge in [-0.05, 0) is 37.1 Å². The van der Waals surface area contributed by atoms with Gasteiger partial charge in [0.05, 0.1) is 11.1 Å². The van der Waals surface area contributed by atoms with Gasteiger partial charge in [0, 0.05) is 0 Å². The fraction of sp³-hybridized carbons (Fsp3) is 0.455. The van der Waals surface area contributed by atoms with Gasteiger partial charge in [-0.3, -0.25) is 0 Å². The Morgan fingerprint density at radius 3 is 2.12 bits per heavy atom. The van der Waals surface area contributed by atoms with E-state index in [1.54, 1.807) is 0 Å². The number of hydrogen-bond donors (Lipinski definition) is 1. The van der Waals surface area contributed by atoms with Crippen LogP contribution in [0.15, 0.2) is 24.3 Å². The third-order valence-electron chi connectivity index (χ3n) is 2.60. The van der Waals surface area contributed by atoms with Crippen LogP contribution in [0.2, 0.25) is 0 Å². The van der Waals surface area contributed by atoms with E-state index in [2.05, 4.69) is 0 Å². The number of nitrogens with two attached hydrogens (primary N) is 1. The molecule has 0 heterocycles. The van der Waals surface area contributed by atoms with Gasteiger partial charge in [-0.25, -0.2) is 0 Å². The van der Waals surface area contributed by atoms with Crippen LogP contribution in [-0.4, -0.2) is 12.1 Å². The SMILES string of the molecule is Cl.NC1(COc2ccc(C(F)(F)F)cc2)CC1. The average Bonchev–Trinajstić information content (AvgIpc) is 2.94. The number of hydrogen-bond acceptors (Lipinski definition) is 2. The van der Waals surface area contributed by atoms with E-state index in [0.717, 1.165) is 25.0 Å². The Labute approximate surface area is 103 Å². The maximum Gasteiger partial charge on any atom is 0.416 e. The minimum Gasteiger partial charge on any atom is -0.492 e. The van der Waals surface area contributed by atoms with E-state index in [1.165, 1.54) is 12.1 Å². The number of benzene rings is 1. The second-order valence-electron chi connectivity index (χ2n) is 4.17.